The largest absolute Gasteiger partial charge is 0.497 e. The highest BCUT2D eigenvalue weighted by Crippen LogP contribution is 2.29. The molecular formula is C22H24N4O3. The predicted molar refractivity (Wildman–Crippen MR) is 113 cm³/mol. The van der Waals surface area contributed by atoms with Gasteiger partial charge in [0.2, 0.25) is 0 Å². The molecule has 1 N–H and O–H groups in total. The van der Waals surface area contributed by atoms with Gasteiger partial charge in [0.15, 0.2) is 0 Å². The monoisotopic (exact) mass is 392 g/mol. The average Bonchev–Trinajstić information content (AvgIpc) is 2.78. The standard InChI is InChI=1S/C22H24N4O3/c1-4-26(14-16-8-6-5-7-9-16)21-13-19(23-15-24-21)22(27)25-18-11-10-17(28-2)12-20(18)29-3/h5-13,15H,4,14H2,1-3H3,(H,25,27). The Morgan fingerprint density at radius 1 is 1.03 bits per heavy atom. The van der Waals surface area contributed by atoms with E-state index in [2.05, 4.69) is 32.3 Å². The molecule has 0 saturated carbocycles. The summed E-state index contributed by atoms with van der Waals surface area (Å²) < 4.78 is 10.5. The van der Waals surface area contributed by atoms with Crippen molar-refractivity contribution >= 4 is 17.4 Å². The van der Waals surface area contributed by atoms with Crippen LogP contribution in [0.4, 0.5) is 11.5 Å². The number of carbonyl (C=O) groups excluding carboxylic acids is 1. The topological polar surface area (TPSA) is 76.6 Å². The highest BCUT2D eigenvalue weighted by Gasteiger charge is 2.15. The van der Waals surface area contributed by atoms with Crippen LogP contribution in [0.1, 0.15) is 23.0 Å². The third kappa shape index (κ3) is 5.01. The van der Waals surface area contributed by atoms with E-state index in [0.29, 0.717) is 29.5 Å². The van der Waals surface area contributed by atoms with Crippen LogP contribution in [0.25, 0.3) is 0 Å². The van der Waals surface area contributed by atoms with E-state index >= 15 is 0 Å². The van der Waals surface area contributed by atoms with Crippen molar-refractivity contribution in [3.63, 3.8) is 0 Å². The van der Waals surface area contributed by atoms with Crippen LogP contribution in [-0.2, 0) is 6.54 Å². The van der Waals surface area contributed by atoms with Gasteiger partial charge in [-0.15, -0.1) is 0 Å². The van der Waals surface area contributed by atoms with Gasteiger partial charge in [0, 0.05) is 25.2 Å². The second kappa shape index (κ2) is 9.54. The first-order valence-corrected chi connectivity index (χ1v) is 9.29. The summed E-state index contributed by atoms with van der Waals surface area (Å²) in [6.45, 7) is 3.49. The molecule has 0 bridgehead atoms. The summed E-state index contributed by atoms with van der Waals surface area (Å²) in [6, 6.07) is 17.0. The van der Waals surface area contributed by atoms with E-state index in [-0.39, 0.29) is 11.6 Å². The number of rotatable bonds is 8. The minimum absolute atomic E-state index is 0.277. The number of amides is 1. The number of aromatic nitrogens is 2. The molecule has 0 unspecified atom stereocenters. The van der Waals surface area contributed by atoms with E-state index < -0.39 is 0 Å². The van der Waals surface area contributed by atoms with Crippen LogP contribution >= 0.6 is 0 Å². The summed E-state index contributed by atoms with van der Waals surface area (Å²) >= 11 is 0. The SMILES string of the molecule is CCN(Cc1ccccc1)c1cc(C(=O)Nc2ccc(OC)cc2OC)ncn1. The molecule has 7 nitrogen and oxygen atoms in total. The maximum atomic E-state index is 12.8. The molecule has 0 aliphatic rings. The molecule has 7 heteroatoms. The van der Waals surface area contributed by atoms with Crippen LogP contribution in [0.3, 0.4) is 0 Å². The molecule has 150 valence electrons. The predicted octanol–water partition coefficient (Wildman–Crippen LogP) is 3.77. The molecule has 0 aliphatic carbocycles. The van der Waals surface area contributed by atoms with Gasteiger partial charge in [-0.25, -0.2) is 9.97 Å². The summed E-state index contributed by atoms with van der Waals surface area (Å²) in [5.74, 6) is 1.50. The first-order chi connectivity index (χ1) is 14.1. The lowest BCUT2D eigenvalue weighted by atomic mass is 10.2. The second-order valence-corrected chi connectivity index (χ2v) is 6.28. The van der Waals surface area contributed by atoms with E-state index in [0.717, 1.165) is 6.54 Å². The Labute approximate surface area is 170 Å². The number of nitrogens with one attached hydrogen (secondary N) is 1. The number of benzene rings is 2. The van der Waals surface area contributed by atoms with Gasteiger partial charge >= 0.3 is 0 Å². The fourth-order valence-electron chi connectivity index (χ4n) is 2.89. The number of nitrogens with zero attached hydrogens (tertiary/aromatic N) is 3. The van der Waals surface area contributed by atoms with Crippen molar-refractivity contribution in [3.8, 4) is 11.5 Å². The van der Waals surface area contributed by atoms with Gasteiger partial charge in [0.1, 0.15) is 29.3 Å². The number of ether oxygens (including phenoxy) is 2. The van der Waals surface area contributed by atoms with Crippen LogP contribution in [-0.4, -0.2) is 36.6 Å². The normalized spacial score (nSPS) is 10.3. The van der Waals surface area contributed by atoms with E-state index in [1.165, 1.54) is 19.0 Å². The molecule has 1 aromatic heterocycles. The smallest absolute Gasteiger partial charge is 0.274 e. The van der Waals surface area contributed by atoms with Crippen molar-refractivity contribution < 1.29 is 14.3 Å². The molecule has 0 fully saturated rings. The highest BCUT2D eigenvalue weighted by molar-refractivity contribution is 6.04. The third-order valence-electron chi connectivity index (χ3n) is 4.46. The first-order valence-electron chi connectivity index (χ1n) is 9.29. The molecule has 0 radical (unpaired) electrons. The zero-order valence-electron chi connectivity index (χ0n) is 16.8. The van der Waals surface area contributed by atoms with Crippen molar-refractivity contribution in [2.75, 3.05) is 31.0 Å². The maximum Gasteiger partial charge on any atom is 0.274 e. The lowest BCUT2D eigenvalue weighted by molar-refractivity contribution is 0.102. The van der Waals surface area contributed by atoms with Crippen LogP contribution in [0.5, 0.6) is 11.5 Å². The maximum absolute atomic E-state index is 12.8. The number of anilines is 2. The lowest BCUT2D eigenvalue weighted by Crippen LogP contribution is -2.24. The molecule has 0 aliphatic heterocycles. The Balaban J connectivity index is 1.78. The minimum Gasteiger partial charge on any atom is -0.497 e. The summed E-state index contributed by atoms with van der Waals surface area (Å²) in [5, 5.41) is 2.83. The van der Waals surface area contributed by atoms with E-state index in [4.69, 9.17) is 9.47 Å². The summed E-state index contributed by atoms with van der Waals surface area (Å²) in [6.07, 6.45) is 1.41. The average molecular weight is 392 g/mol. The quantitative estimate of drug-likeness (QED) is 0.629. The first kappa shape index (κ1) is 20.1. The van der Waals surface area contributed by atoms with Crippen molar-refractivity contribution in [2.24, 2.45) is 0 Å². The number of hydrogen-bond donors (Lipinski definition) is 1. The Morgan fingerprint density at radius 2 is 1.83 bits per heavy atom. The number of carbonyl (C=O) groups is 1. The second-order valence-electron chi connectivity index (χ2n) is 6.28. The molecule has 3 aromatic rings. The molecular weight excluding hydrogens is 368 g/mol. The van der Waals surface area contributed by atoms with Gasteiger partial charge in [-0.1, -0.05) is 30.3 Å². The van der Waals surface area contributed by atoms with Gasteiger partial charge in [0.25, 0.3) is 5.91 Å². The lowest BCUT2D eigenvalue weighted by Gasteiger charge is -2.22. The summed E-state index contributed by atoms with van der Waals surface area (Å²) in [7, 11) is 3.11. The molecule has 0 saturated heterocycles. The Kier molecular flexibility index (Phi) is 6.63. The van der Waals surface area contributed by atoms with Crippen molar-refractivity contribution in [1.29, 1.82) is 0 Å². The van der Waals surface area contributed by atoms with Crippen LogP contribution < -0.4 is 19.7 Å². The van der Waals surface area contributed by atoms with Gasteiger partial charge in [-0.05, 0) is 24.6 Å². The molecule has 0 atom stereocenters. The zero-order chi connectivity index (χ0) is 20.6. The van der Waals surface area contributed by atoms with Gasteiger partial charge < -0.3 is 19.7 Å². The van der Waals surface area contributed by atoms with Gasteiger partial charge in [-0.3, -0.25) is 4.79 Å². The van der Waals surface area contributed by atoms with Crippen LogP contribution in [0, 0.1) is 0 Å². The fraction of sp³-hybridized carbons (Fsp3) is 0.227. The van der Waals surface area contributed by atoms with E-state index in [9.17, 15) is 4.79 Å². The van der Waals surface area contributed by atoms with E-state index in [1.54, 1.807) is 31.4 Å². The molecule has 3 rings (SSSR count). The summed E-state index contributed by atoms with van der Waals surface area (Å²) in [4.78, 5) is 23.3. The van der Waals surface area contributed by atoms with Crippen molar-refractivity contribution in [3.05, 3.63) is 72.2 Å². The minimum atomic E-state index is -0.340. The molecule has 2 aromatic carbocycles. The molecule has 29 heavy (non-hydrogen) atoms. The zero-order valence-corrected chi connectivity index (χ0v) is 16.8. The Morgan fingerprint density at radius 3 is 2.52 bits per heavy atom. The van der Waals surface area contributed by atoms with E-state index in [1.807, 2.05) is 25.1 Å². The molecule has 0 spiro atoms. The summed E-state index contributed by atoms with van der Waals surface area (Å²) in [5.41, 5.74) is 1.98. The fourth-order valence-corrected chi connectivity index (χ4v) is 2.89. The Bertz CT molecular complexity index is 963. The van der Waals surface area contributed by atoms with Crippen molar-refractivity contribution in [2.45, 2.75) is 13.5 Å². The van der Waals surface area contributed by atoms with Crippen LogP contribution in [0.2, 0.25) is 0 Å². The molecule has 1 amide bonds. The van der Waals surface area contributed by atoms with Crippen LogP contribution in [0.15, 0.2) is 60.9 Å². The Hall–Kier alpha value is -3.61. The third-order valence-corrected chi connectivity index (χ3v) is 4.46. The van der Waals surface area contributed by atoms with Crippen molar-refractivity contribution in [1.82, 2.24) is 9.97 Å². The highest BCUT2D eigenvalue weighted by atomic mass is 16.5. The van der Waals surface area contributed by atoms with Gasteiger partial charge in [0.05, 0.1) is 19.9 Å². The number of methoxy groups -OCH3 is 2. The number of hydrogen-bond acceptors (Lipinski definition) is 6. The molecule has 1 heterocycles. The van der Waals surface area contributed by atoms with Gasteiger partial charge in [-0.2, -0.15) is 0 Å².